The molecule has 1 aliphatic heterocycles. The van der Waals surface area contributed by atoms with Gasteiger partial charge in [0.25, 0.3) is 0 Å². The minimum Gasteiger partial charge on any atom is -0.324 e. The number of hydrogen-bond donors (Lipinski definition) is 2. The highest BCUT2D eigenvalue weighted by Crippen LogP contribution is 2.31. The summed E-state index contributed by atoms with van der Waals surface area (Å²) >= 11 is 5.86. The molecule has 0 saturated heterocycles. The van der Waals surface area contributed by atoms with Crippen molar-refractivity contribution in [2.45, 2.75) is 12.5 Å². The van der Waals surface area contributed by atoms with E-state index >= 15 is 0 Å². The molecular formula is C17H13ClN4O2. The van der Waals surface area contributed by atoms with Crippen molar-refractivity contribution in [2.75, 3.05) is 10.6 Å². The zero-order valence-electron chi connectivity index (χ0n) is 12.5. The number of imidazole rings is 1. The van der Waals surface area contributed by atoms with Crippen molar-refractivity contribution in [3.05, 3.63) is 53.6 Å². The van der Waals surface area contributed by atoms with Crippen LogP contribution in [0.4, 0.5) is 11.6 Å². The summed E-state index contributed by atoms with van der Waals surface area (Å²) in [5, 5.41) is 6.14. The average molecular weight is 341 g/mol. The Morgan fingerprint density at radius 2 is 1.96 bits per heavy atom. The standard InChI is InChI=1S/C17H13ClN4O2/c18-10-5-7-11(8-6-10)19-16(24)14-9-15(23)21-17-20-12-3-1-2-4-13(12)22(14)17/h1-8,14H,9H2,(H,19,24)(H,20,21,23). The van der Waals surface area contributed by atoms with Crippen LogP contribution in [-0.2, 0) is 9.59 Å². The second-order valence-corrected chi connectivity index (χ2v) is 5.99. The quantitative estimate of drug-likeness (QED) is 0.752. The molecule has 2 amide bonds. The first-order valence-electron chi connectivity index (χ1n) is 7.45. The van der Waals surface area contributed by atoms with Crippen LogP contribution >= 0.6 is 11.6 Å². The number of benzene rings is 2. The van der Waals surface area contributed by atoms with Gasteiger partial charge in [0.15, 0.2) is 0 Å². The lowest BCUT2D eigenvalue weighted by Gasteiger charge is -2.24. The molecule has 2 heterocycles. The topological polar surface area (TPSA) is 76.0 Å². The molecule has 0 fully saturated rings. The molecule has 1 aliphatic rings. The van der Waals surface area contributed by atoms with E-state index in [1.807, 2.05) is 24.3 Å². The fourth-order valence-corrected chi connectivity index (χ4v) is 2.99. The maximum atomic E-state index is 12.7. The molecule has 120 valence electrons. The van der Waals surface area contributed by atoms with E-state index < -0.39 is 6.04 Å². The van der Waals surface area contributed by atoms with Crippen LogP contribution in [0.3, 0.4) is 0 Å². The number of halogens is 1. The molecular weight excluding hydrogens is 328 g/mol. The van der Waals surface area contributed by atoms with Crippen molar-refractivity contribution >= 4 is 46.1 Å². The number of hydrogen-bond acceptors (Lipinski definition) is 3. The summed E-state index contributed by atoms with van der Waals surface area (Å²) in [7, 11) is 0. The van der Waals surface area contributed by atoms with Crippen LogP contribution in [0.5, 0.6) is 0 Å². The van der Waals surface area contributed by atoms with Crippen molar-refractivity contribution in [2.24, 2.45) is 0 Å². The Bertz CT molecular complexity index is 949. The Balaban J connectivity index is 1.72. The number of amides is 2. The van der Waals surface area contributed by atoms with E-state index in [0.29, 0.717) is 16.7 Å². The Morgan fingerprint density at radius 1 is 1.21 bits per heavy atom. The van der Waals surface area contributed by atoms with Crippen molar-refractivity contribution in [3.63, 3.8) is 0 Å². The van der Waals surface area contributed by atoms with Gasteiger partial charge in [0.1, 0.15) is 6.04 Å². The predicted octanol–water partition coefficient (Wildman–Crippen LogP) is 3.21. The number of rotatable bonds is 2. The first kappa shape index (κ1) is 14.7. The van der Waals surface area contributed by atoms with Gasteiger partial charge in [-0.15, -0.1) is 0 Å². The molecule has 0 aliphatic carbocycles. The predicted molar refractivity (Wildman–Crippen MR) is 92.1 cm³/mol. The summed E-state index contributed by atoms with van der Waals surface area (Å²) in [6.07, 6.45) is 0.0623. The van der Waals surface area contributed by atoms with E-state index in [0.717, 1.165) is 11.0 Å². The summed E-state index contributed by atoms with van der Waals surface area (Å²) < 4.78 is 1.77. The largest absolute Gasteiger partial charge is 0.324 e. The maximum Gasteiger partial charge on any atom is 0.248 e. The fourth-order valence-electron chi connectivity index (χ4n) is 2.86. The summed E-state index contributed by atoms with van der Waals surface area (Å²) in [4.78, 5) is 29.1. The Labute approximate surface area is 142 Å². The number of fused-ring (bicyclic) bond motifs is 3. The molecule has 7 heteroatoms. The molecule has 1 atom stereocenters. The van der Waals surface area contributed by atoms with Crippen LogP contribution in [0.2, 0.25) is 5.02 Å². The molecule has 1 aromatic heterocycles. The van der Waals surface area contributed by atoms with Crippen molar-refractivity contribution in [1.29, 1.82) is 0 Å². The molecule has 0 radical (unpaired) electrons. The third-order valence-electron chi connectivity index (χ3n) is 3.95. The van der Waals surface area contributed by atoms with Gasteiger partial charge in [0.05, 0.1) is 17.5 Å². The fraction of sp³-hybridized carbons (Fsp3) is 0.118. The van der Waals surface area contributed by atoms with Gasteiger partial charge in [-0.05, 0) is 36.4 Å². The second-order valence-electron chi connectivity index (χ2n) is 5.56. The lowest BCUT2D eigenvalue weighted by atomic mass is 10.1. The highest BCUT2D eigenvalue weighted by molar-refractivity contribution is 6.30. The molecule has 1 unspecified atom stereocenters. The van der Waals surface area contributed by atoms with Gasteiger partial charge in [0, 0.05) is 10.7 Å². The van der Waals surface area contributed by atoms with Crippen LogP contribution in [0.25, 0.3) is 11.0 Å². The van der Waals surface area contributed by atoms with E-state index in [-0.39, 0.29) is 18.2 Å². The molecule has 6 nitrogen and oxygen atoms in total. The number of para-hydroxylation sites is 2. The summed E-state index contributed by atoms with van der Waals surface area (Å²) in [6.45, 7) is 0. The molecule has 0 spiro atoms. The Hall–Kier alpha value is -2.86. The third-order valence-corrected chi connectivity index (χ3v) is 4.20. The summed E-state index contributed by atoms with van der Waals surface area (Å²) in [5.74, 6) is -0.102. The lowest BCUT2D eigenvalue weighted by molar-refractivity contribution is -0.124. The van der Waals surface area contributed by atoms with Crippen LogP contribution in [0.15, 0.2) is 48.5 Å². The minimum atomic E-state index is -0.656. The monoisotopic (exact) mass is 340 g/mol. The first-order chi connectivity index (χ1) is 11.6. The smallest absolute Gasteiger partial charge is 0.248 e. The Kier molecular flexibility index (Phi) is 3.46. The number of nitrogens with zero attached hydrogens (tertiary/aromatic N) is 2. The minimum absolute atomic E-state index is 0.0623. The lowest BCUT2D eigenvalue weighted by Crippen LogP contribution is -2.35. The van der Waals surface area contributed by atoms with Crippen molar-refractivity contribution < 1.29 is 9.59 Å². The molecule has 0 bridgehead atoms. The van der Waals surface area contributed by atoms with Gasteiger partial charge in [-0.3, -0.25) is 19.5 Å². The first-order valence-corrected chi connectivity index (χ1v) is 7.83. The number of carbonyl (C=O) groups is 2. The van der Waals surface area contributed by atoms with Crippen molar-refractivity contribution in [3.8, 4) is 0 Å². The average Bonchev–Trinajstić information content (AvgIpc) is 2.94. The number of carbonyl (C=O) groups excluding carboxylic acids is 2. The van der Waals surface area contributed by atoms with Crippen LogP contribution < -0.4 is 10.6 Å². The summed E-state index contributed by atoms with van der Waals surface area (Å²) in [5.41, 5.74) is 2.17. The Morgan fingerprint density at radius 3 is 2.75 bits per heavy atom. The van der Waals surface area contributed by atoms with E-state index in [9.17, 15) is 9.59 Å². The molecule has 0 saturated carbocycles. The second kappa shape index (κ2) is 5.65. The van der Waals surface area contributed by atoms with Gasteiger partial charge in [-0.1, -0.05) is 23.7 Å². The number of aromatic nitrogens is 2. The highest BCUT2D eigenvalue weighted by atomic mass is 35.5. The van der Waals surface area contributed by atoms with Crippen LogP contribution in [0, 0.1) is 0 Å². The zero-order chi connectivity index (χ0) is 16.7. The van der Waals surface area contributed by atoms with Gasteiger partial charge < -0.3 is 5.32 Å². The van der Waals surface area contributed by atoms with Gasteiger partial charge in [-0.2, -0.15) is 0 Å². The van der Waals surface area contributed by atoms with E-state index in [4.69, 9.17) is 11.6 Å². The van der Waals surface area contributed by atoms with Crippen LogP contribution in [0.1, 0.15) is 12.5 Å². The molecule has 4 rings (SSSR count). The van der Waals surface area contributed by atoms with Gasteiger partial charge in [-0.25, -0.2) is 4.98 Å². The normalized spacial score (nSPS) is 16.5. The summed E-state index contributed by atoms with van der Waals surface area (Å²) in [6, 6.07) is 13.6. The van der Waals surface area contributed by atoms with E-state index in [1.54, 1.807) is 28.8 Å². The number of nitrogens with one attached hydrogen (secondary N) is 2. The number of anilines is 2. The third kappa shape index (κ3) is 2.51. The van der Waals surface area contributed by atoms with E-state index in [1.165, 1.54) is 0 Å². The zero-order valence-corrected chi connectivity index (χ0v) is 13.2. The van der Waals surface area contributed by atoms with Crippen LogP contribution in [-0.4, -0.2) is 21.4 Å². The molecule has 2 N–H and O–H groups in total. The maximum absolute atomic E-state index is 12.7. The molecule has 3 aromatic rings. The van der Waals surface area contributed by atoms with Crippen molar-refractivity contribution in [1.82, 2.24) is 9.55 Å². The van der Waals surface area contributed by atoms with Gasteiger partial charge >= 0.3 is 0 Å². The van der Waals surface area contributed by atoms with Gasteiger partial charge in [0.2, 0.25) is 17.8 Å². The van der Waals surface area contributed by atoms with E-state index in [2.05, 4.69) is 15.6 Å². The SMILES string of the molecule is O=C1CC(C(=O)Nc2ccc(Cl)cc2)n2c(nc3ccccc32)N1. The molecule has 2 aromatic carbocycles. The highest BCUT2D eigenvalue weighted by Gasteiger charge is 2.32. The molecule has 24 heavy (non-hydrogen) atoms.